The predicted molar refractivity (Wildman–Crippen MR) is 85.7 cm³/mol. The summed E-state index contributed by atoms with van der Waals surface area (Å²) >= 11 is 0. The van der Waals surface area contributed by atoms with E-state index in [-0.39, 0.29) is 11.5 Å². The molecular formula is C15H20F3N5. The van der Waals surface area contributed by atoms with Crippen LogP contribution in [0.15, 0.2) is 35.1 Å². The molecule has 0 amide bonds. The molecule has 1 heterocycles. The number of hydrazine groups is 1. The lowest BCUT2D eigenvalue weighted by atomic mass is 10.1. The monoisotopic (exact) mass is 327 g/mol. The van der Waals surface area contributed by atoms with Crippen molar-refractivity contribution in [2.75, 3.05) is 0 Å². The number of pyridine rings is 1. The van der Waals surface area contributed by atoms with Crippen LogP contribution in [0.25, 0.3) is 11.4 Å². The number of nitrogens with zero attached hydrogens (tertiary/aromatic N) is 2. The summed E-state index contributed by atoms with van der Waals surface area (Å²) in [6.45, 7) is 5.67. The fourth-order valence-electron chi connectivity index (χ4n) is 1.84. The van der Waals surface area contributed by atoms with Gasteiger partial charge in [0.25, 0.3) is 0 Å². The van der Waals surface area contributed by atoms with Gasteiger partial charge in [0.05, 0.1) is 17.1 Å². The highest BCUT2D eigenvalue weighted by Crippen LogP contribution is 2.28. The van der Waals surface area contributed by atoms with E-state index in [4.69, 9.17) is 11.6 Å². The lowest BCUT2D eigenvalue weighted by Crippen LogP contribution is -2.34. The largest absolute Gasteiger partial charge is 0.434 e. The highest BCUT2D eigenvalue weighted by Gasteiger charge is 2.36. The second-order valence-corrected chi connectivity index (χ2v) is 5.04. The topological polar surface area (TPSA) is 89.3 Å². The Morgan fingerprint density at radius 2 is 2.04 bits per heavy atom. The number of rotatable bonds is 5. The molecule has 0 atom stereocenters. The summed E-state index contributed by atoms with van der Waals surface area (Å²) in [6, 6.07) is 2.82. The number of halogens is 3. The molecular weight excluding hydrogens is 307 g/mol. The van der Waals surface area contributed by atoms with Gasteiger partial charge < -0.3 is 11.2 Å². The molecule has 1 aromatic heterocycles. The Hall–Kier alpha value is -2.35. The standard InChI is InChI=1S/C15H20F3N5/c1-4-21-11(7-9(2)3)12-8-10(5-6-22-12)13(19)14(23-20)15(16,17)18/h4-9,23H,19-20H2,1-3H3/b11-7-,14-13-,21-4?. The first-order valence-electron chi connectivity index (χ1n) is 6.91. The molecule has 0 aromatic carbocycles. The van der Waals surface area contributed by atoms with Crippen LogP contribution in [0.4, 0.5) is 13.2 Å². The number of aliphatic imine (C=N–C) groups is 1. The fourth-order valence-corrected chi connectivity index (χ4v) is 1.84. The van der Waals surface area contributed by atoms with Crippen LogP contribution in [0.5, 0.6) is 0 Å². The smallest absolute Gasteiger partial charge is 0.397 e. The maximum Gasteiger partial charge on any atom is 0.434 e. The van der Waals surface area contributed by atoms with Crippen LogP contribution in [0, 0.1) is 5.92 Å². The molecule has 0 spiro atoms. The van der Waals surface area contributed by atoms with E-state index in [2.05, 4.69) is 9.98 Å². The number of hydrogen-bond acceptors (Lipinski definition) is 5. The molecule has 0 unspecified atom stereocenters. The third-order valence-corrected chi connectivity index (χ3v) is 2.79. The Kier molecular flexibility index (Phi) is 6.32. The molecule has 8 heteroatoms. The predicted octanol–water partition coefficient (Wildman–Crippen LogP) is 2.82. The van der Waals surface area contributed by atoms with Crippen LogP contribution in [-0.4, -0.2) is 17.4 Å². The van der Waals surface area contributed by atoms with E-state index in [0.717, 1.165) is 0 Å². The van der Waals surface area contributed by atoms with E-state index < -0.39 is 17.6 Å². The summed E-state index contributed by atoms with van der Waals surface area (Å²) in [7, 11) is 0. The second-order valence-electron chi connectivity index (χ2n) is 5.04. The summed E-state index contributed by atoms with van der Waals surface area (Å²) in [5.41, 5.74) is 6.65. The van der Waals surface area contributed by atoms with E-state index in [1.54, 1.807) is 18.6 Å². The first-order valence-corrected chi connectivity index (χ1v) is 6.91. The molecule has 0 saturated heterocycles. The van der Waals surface area contributed by atoms with E-state index in [1.165, 1.54) is 18.3 Å². The molecule has 1 rings (SSSR count). The molecule has 0 radical (unpaired) electrons. The average molecular weight is 327 g/mol. The Labute approximate surface area is 133 Å². The Morgan fingerprint density at radius 3 is 2.52 bits per heavy atom. The van der Waals surface area contributed by atoms with Gasteiger partial charge in [0.1, 0.15) is 0 Å². The van der Waals surface area contributed by atoms with Crippen LogP contribution >= 0.6 is 0 Å². The minimum Gasteiger partial charge on any atom is -0.397 e. The van der Waals surface area contributed by atoms with Gasteiger partial charge in [-0.2, -0.15) is 13.2 Å². The van der Waals surface area contributed by atoms with Crippen molar-refractivity contribution in [1.29, 1.82) is 0 Å². The summed E-state index contributed by atoms with van der Waals surface area (Å²) in [4.78, 5) is 8.35. The first-order chi connectivity index (χ1) is 10.7. The summed E-state index contributed by atoms with van der Waals surface area (Å²) in [6.07, 6.45) is 0.143. The summed E-state index contributed by atoms with van der Waals surface area (Å²) in [5.74, 6) is 5.15. The van der Waals surface area contributed by atoms with Crippen molar-refractivity contribution in [3.8, 4) is 0 Å². The van der Waals surface area contributed by atoms with Gasteiger partial charge in [0, 0.05) is 18.0 Å². The van der Waals surface area contributed by atoms with E-state index >= 15 is 0 Å². The van der Waals surface area contributed by atoms with Gasteiger partial charge in [-0.25, -0.2) is 0 Å². The molecule has 0 saturated carbocycles. The van der Waals surface area contributed by atoms with Crippen molar-refractivity contribution in [3.63, 3.8) is 0 Å². The third kappa shape index (κ3) is 5.10. The molecule has 1 aromatic rings. The van der Waals surface area contributed by atoms with Gasteiger partial charge in [-0.05, 0) is 25.0 Å². The summed E-state index contributed by atoms with van der Waals surface area (Å²) < 4.78 is 38.6. The van der Waals surface area contributed by atoms with Gasteiger partial charge in [0.2, 0.25) is 0 Å². The Balaban J connectivity index is 3.41. The molecule has 0 fully saturated rings. The highest BCUT2D eigenvalue weighted by molar-refractivity contribution is 5.74. The van der Waals surface area contributed by atoms with Crippen molar-refractivity contribution in [2.45, 2.75) is 26.9 Å². The number of aromatic nitrogens is 1. The lowest BCUT2D eigenvalue weighted by molar-refractivity contribution is -0.0961. The van der Waals surface area contributed by atoms with Crippen LogP contribution < -0.4 is 17.0 Å². The molecule has 0 aliphatic carbocycles. The Bertz CT molecular complexity index is 630. The maximum atomic E-state index is 12.9. The number of allylic oxidation sites excluding steroid dienone is 2. The zero-order chi connectivity index (χ0) is 17.6. The average Bonchev–Trinajstić information content (AvgIpc) is 2.45. The first kappa shape index (κ1) is 18.7. The number of nitrogens with one attached hydrogen (secondary N) is 1. The van der Waals surface area contributed by atoms with Crippen LogP contribution in [0.1, 0.15) is 32.0 Å². The number of nitrogens with two attached hydrogens (primary N) is 2. The quantitative estimate of drug-likeness (QED) is 0.441. The zero-order valence-electron chi connectivity index (χ0n) is 13.1. The zero-order valence-corrected chi connectivity index (χ0v) is 13.1. The number of alkyl halides is 3. The van der Waals surface area contributed by atoms with E-state index in [0.29, 0.717) is 11.4 Å². The highest BCUT2D eigenvalue weighted by atomic mass is 19.4. The van der Waals surface area contributed by atoms with Gasteiger partial charge >= 0.3 is 6.18 Å². The van der Waals surface area contributed by atoms with Crippen LogP contribution in [-0.2, 0) is 0 Å². The maximum absolute atomic E-state index is 12.9. The SMILES string of the molecule is CC=N/C(=C\C(C)C)c1cc(/C(N)=C(/NN)C(F)(F)F)ccn1. The van der Waals surface area contributed by atoms with Crippen LogP contribution in [0.2, 0.25) is 0 Å². The molecule has 126 valence electrons. The van der Waals surface area contributed by atoms with Gasteiger partial charge in [-0.15, -0.1) is 0 Å². The van der Waals surface area contributed by atoms with Crippen molar-refractivity contribution >= 4 is 17.6 Å². The third-order valence-electron chi connectivity index (χ3n) is 2.79. The van der Waals surface area contributed by atoms with Gasteiger partial charge in [0.15, 0.2) is 5.70 Å². The van der Waals surface area contributed by atoms with Crippen molar-refractivity contribution < 1.29 is 13.2 Å². The minimum absolute atomic E-state index is 0.154. The molecule has 5 N–H and O–H groups in total. The lowest BCUT2D eigenvalue weighted by Gasteiger charge is -2.15. The van der Waals surface area contributed by atoms with Crippen LogP contribution in [0.3, 0.4) is 0 Å². The number of hydrogen-bond donors (Lipinski definition) is 3. The Morgan fingerprint density at radius 1 is 1.39 bits per heavy atom. The minimum atomic E-state index is -4.68. The molecule has 0 aliphatic heterocycles. The van der Waals surface area contributed by atoms with Gasteiger partial charge in [-0.3, -0.25) is 15.8 Å². The molecule has 0 aliphatic rings. The van der Waals surface area contributed by atoms with E-state index in [9.17, 15) is 13.2 Å². The van der Waals surface area contributed by atoms with Crippen molar-refractivity contribution in [3.05, 3.63) is 41.4 Å². The van der Waals surface area contributed by atoms with Crippen molar-refractivity contribution in [1.82, 2.24) is 10.4 Å². The molecule has 5 nitrogen and oxygen atoms in total. The van der Waals surface area contributed by atoms with E-state index in [1.807, 2.05) is 19.9 Å². The molecule has 23 heavy (non-hydrogen) atoms. The van der Waals surface area contributed by atoms with Gasteiger partial charge in [-0.1, -0.05) is 19.9 Å². The second kappa shape index (κ2) is 7.77. The normalized spacial score (nSPS) is 14.3. The summed E-state index contributed by atoms with van der Waals surface area (Å²) in [5, 5.41) is 0. The molecule has 0 bridgehead atoms. The van der Waals surface area contributed by atoms with Crippen molar-refractivity contribution in [2.24, 2.45) is 22.5 Å². The fraction of sp³-hybridized carbons (Fsp3) is 0.333.